The summed E-state index contributed by atoms with van der Waals surface area (Å²) in [5.41, 5.74) is 0.701. The van der Waals surface area contributed by atoms with E-state index < -0.39 is 6.89 Å². The number of nitrogens with zero attached hydrogens (tertiary/aromatic N) is 2. The van der Waals surface area contributed by atoms with Gasteiger partial charge in [-0.15, -0.1) is 22.7 Å². The van der Waals surface area contributed by atoms with Gasteiger partial charge >= 0.3 is 0 Å². The summed E-state index contributed by atoms with van der Waals surface area (Å²) in [6.45, 7) is -2.96. The minimum absolute atomic E-state index is 0.0935. The number of hydrogen-bond acceptors (Lipinski definition) is 9. The minimum Gasteiger partial charge on any atom is -0.504 e. The zero-order chi connectivity index (χ0) is 35.1. The van der Waals surface area contributed by atoms with Crippen molar-refractivity contribution in [2.45, 2.75) is 0 Å². The number of methoxy groups -OCH3 is 2. The number of hydrogen-bond donors (Lipinski definition) is 1. The van der Waals surface area contributed by atoms with E-state index in [1.165, 1.54) is 36.9 Å². The van der Waals surface area contributed by atoms with Crippen molar-refractivity contribution >= 4 is 76.5 Å². The van der Waals surface area contributed by atoms with Gasteiger partial charge in [0.15, 0.2) is 11.5 Å². The molecule has 0 saturated carbocycles. The number of aromatic nitrogens is 2. The highest BCUT2D eigenvalue weighted by Gasteiger charge is 2.38. The molecule has 0 unspecified atom stereocenters. The fraction of sp³-hybridized carbons (Fsp3) is 0.0488. The van der Waals surface area contributed by atoms with E-state index in [1.807, 2.05) is 72.8 Å². The van der Waals surface area contributed by atoms with E-state index in [-0.39, 0.29) is 22.6 Å². The zero-order valence-electron chi connectivity index (χ0n) is 27.4. The molecule has 3 heterocycles. The summed E-state index contributed by atoms with van der Waals surface area (Å²) in [5, 5.41) is 17.0. The van der Waals surface area contributed by atoms with Crippen molar-refractivity contribution < 1.29 is 14.6 Å². The first-order valence-corrected chi connectivity index (χ1v) is 19.4. The minimum atomic E-state index is -2.96. The number of benzene rings is 5. The summed E-state index contributed by atoms with van der Waals surface area (Å²) in [6, 6.07) is 38.8. The Morgan fingerprint density at radius 2 is 1.16 bits per heavy atom. The number of allylic oxidation sites excluding steroid dienone is 3. The van der Waals surface area contributed by atoms with Crippen molar-refractivity contribution in [3.8, 4) is 17.2 Å². The highest BCUT2D eigenvalue weighted by atomic mass is 32.1. The van der Waals surface area contributed by atoms with Crippen LogP contribution in [0.2, 0.25) is 0 Å². The lowest BCUT2D eigenvalue weighted by molar-refractivity contribution is 0.333. The third-order valence-corrected chi connectivity index (χ3v) is 15.6. The monoisotopic (exact) mass is 724 g/mol. The van der Waals surface area contributed by atoms with Crippen LogP contribution in [0.4, 0.5) is 0 Å². The first-order chi connectivity index (χ1) is 24.9. The van der Waals surface area contributed by atoms with Crippen LogP contribution < -0.4 is 31.2 Å². The predicted octanol–water partition coefficient (Wildman–Crippen LogP) is 7.68. The summed E-state index contributed by atoms with van der Waals surface area (Å²) in [4.78, 5) is 37.1. The molecule has 0 saturated heterocycles. The van der Waals surface area contributed by atoms with Crippen LogP contribution in [0.3, 0.4) is 0 Å². The van der Waals surface area contributed by atoms with Gasteiger partial charge in [-0.05, 0) is 77.2 Å². The molecule has 0 bridgehead atoms. The second-order valence-corrected chi connectivity index (χ2v) is 17.1. The molecule has 2 aromatic heterocycles. The lowest BCUT2D eigenvalue weighted by Crippen LogP contribution is -2.27. The van der Waals surface area contributed by atoms with Crippen molar-refractivity contribution in [2.75, 3.05) is 14.2 Å². The van der Waals surface area contributed by atoms with E-state index in [2.05, 4.69) is 36.4 Å². The van der Waals surface area contributed by atoms with Gasteiger partial charge in [0.05, 0.1) is 25.0 Å². The molecule has 250 valence electrons. The van der Waals surface area contributed by atoms with Gasteiger partial charge in [0, 0.05) is 20.0 Å². The van der Waals surface area contributed by atoms with Crippen LogP contribution in [0.15, 0.2) is 143 Å². The van der Waals surface area contributed by atoms with Crippen LogP contribution in [0, 0.1) is 0 Å². The van der Waals surface area contributed by atoms with Gasteiger partial charge in [-0.2, -0.15) is 9.97 Å². The maximum absolute atomic E-state index is 13.8. The second kappa shape index (κ2) is 13.3. The Bertz CT molecular complexity index is 2690. The fourth-order valence-electron chi connectivity index (χ4n) is 6.60. The molecule has 0 amide bonds. The highest BCUT2D eigenvalue weighted by Crippen LogP contribution is 2.63. The molecule has 5 aromatic carbocycles. The van der Waals surface area contributed by atoms with Crippen molar-refractivity contribution in [2.24, 2.45) is 0 Å². The Morgan fingerprint density at radius 1 is 0.627 bits per heavy atom. The van der Waals surface area contributed by atoms with Gasteiger partial charge in [-0.1, -0.05) is 84.9 Å². The van der Waals surface area contributed by atoms with E-state index in [0.717, 1.165) is 30.6 Å². The summed E-state index contributed by atoms with van der Waals surface area (Å²) in [6.07, 6.45) is 4.13. The molecule has 1 N–H and O–H groups in total. The van der Waals surface area contributed by atoms with Crippen LogP contribution in [0.1, 0.15) is 15.6 Å². The third-order valence-electron chi connectivity index (χ3n) is 8.88. The molecule has 7 aromatic rings. The summed E-state index contributed by atoms with van der Waals surface area (Å²) < 4.78 is 12.7. The van der Waals surface area contributed by atoms with E-state index in [0.29, 0.717) is 37.7 Å². The van der Waals surface area contributed by atoms with Crippen molar-refractivity contribution in [3.63, 3.8) is 0 Å². The molecular formula is C41H29N2O5PS2. The largest absolute Gasteiger partial charge is 0.504 e. The average molecular weight is 725 g/mol. The number of phenols is 1. The van der Waals surface area contributed by atoms with Gasteiger partial charge < -0.3 is 14.6 Å². The first kappa shape index (κ1) is 32.6. The molecule has 10 heteroatoms. The Morgan fingerprint density at radius 3 is 1.73 bits per heavy atom. The molecule has 0 aliphatic carbocycles. The topological polar surface area (TPSA) is 98.6 Å². The Hall–Kier alpha value is -5.60. The van der Waals surface area contributed by atoms with Gasteiger partial charge in [0.1, 0.15) is 10.0 Å². The van der Waals surface area contributed by atoms with E-state index in [1.54, 1.807) is 24.3 Å². The van der Waals surface area contributed by atoms with E-state index >= 15 is 0 Å². The maximum Gasteiger partial charge on any atom is 0.279 e. The Balaban J connectivity index is 1.61. The molecule has 51 heavy (non-hydrogen) atoms. The Labute approximate surface area is 301 Å². The standard InChI is InChI=1S/C41H29N2O5PS2/c1-47-32-22-25(21-31(44)37(32)48-2)26-23-33(40-42-38(45)29-17-9-11-19-35(29)50-40)49(27-13-5-3-6-14-27,28-15-7-4-8-16-28)34(24-26)41-43-39(46)30-18-10-12-20-36(30)51-41/h3-24,44H,1-2H3. The molecular weight excluding hydrogens is 696 g/mol. The molecule has 0 radical (unpaired) electrons. The molecule has 8 rings (SSSR count). The molecule has 0 spiro atoms. The van der Waals surface area contributed by atoms with Crippen LogP contribution in [-0.4, -0.2) is 34.6 Å². The Kier molecular flexibility index (Phi) is 8.48. The highest BCUT2D eigenvalue weighted by molar-refractivity contribution is 7.98. The van der Waals surface area contributed by atoms with Crippen LogP contribution >= 0.6 is 29.6 Å². The third kappa shape index (κ3) is 5.51. The smallest absolute Gasteiger partial charge is 0.279 e. The number of fused-ring (bicyclic) bond motifs is 2. The van der Waals surface area contributed by atoms with Crippen molar-refractivity contribution in [1.29, 1.82) is 0 Å². The quantitative estimate of drug-likeness (QED) is 0.169. The predicted molar refractivity (Wildman–Crippen MR) is 212 cm³/mol. The van der Waals surface area contributed by atoms with Crippen molar-refractivity contribution in [3.05, 3.63) is 170 Å². The summed E-state index contributed by atoms with van der Waals surface area (Å²) in [7, 11) is 2.99. The molecule has 1 aliphatic heterocycles. The average Bonchev–Trinajstić information content (AvgIpc) is 3.17. The van der Waals surface area contributed by atoms with Crippen molar-refractivity contribution in [1.82, 2.24) is 9.97 Å². The van der Waals surface area contributed by atoms with E-state index in [9.17, 15) is 14.7 Å². The van der Waals surface area contributed by atoms with Gasteiger partial charge in [0.2, 0.25) is 5.75 Å². The lowest BCUT2D eigenvalue weighted by Gasteiger charge is -2.35. The van der Waals surface area contributed by atoms with Crippen LogP contribution in [-0.2, 0) is 0 Å². The zero-order valence-corrected chi connectivity index (χ0v) is 30.0. The van der Waals surface area contributed by atoms with Gasteiger partial charge in [-0.3, -0.25) is 9.59 Å². The van der Waals surface area contributed by atoms with Gasteiger partial charge in [-0.25, -0.2) is 0 Å². The number of rotatable bonds is 7. The van der Waals surface area contributed by atoms with E-state index in [4.69, 9.17) is 19.4 Å². The fourth-order valence-corrected chi connectivity index (χ4v) is 13.8. The number of ether oxygens (including phenoxy) is 2. The van der Waals surface area contributed by atoms with Crippen LogP contribution in [0.5, 0.6) is 17.2 Å². The molecule has 0 fully saturated rings. The lowest BCUT2D eigenvalue weighted by atomic mass is 10.0. The summed E-state index contributed by atoms with van der Waals surface area (Å²) in [5.74, 6) is 0.471. The number of phenolic OH excluding ortho intramolecular Hbond substituents is 1. The molecule has 0 atom stereocenters. The summed E-state index contributed by atoms with van der Waals surface area (Å²) >= 11 is 2.90. The SMILES string of the molecule is COc1cc(C2=CC(c3nc(=O)c4ccccc4s3)=P(c3ccccc3)(c3ccccc3)C(c3nc(=O)c4ccccc4s3)=C2)cc(O)c1OC. The second-order valence-electron chi connectivity index (χ2n) is 11.7. The first-order valence-electron chi connectivity index (χ1n) is 16.0. The normalized spacial score (nSPS) is 13.9. The molecule has 1 aliphatic rings. The van der Waals surface area contributed by atoms with Gasteiger partial charge in [0.25, 0.3) is 11.1 Å². The number of aromatic hydroxyl groups is 1. The maximum atomic E-state index is 13.8. The van der Waals surface area contributed by atoms with Crippen LogP contribution in [0.25, 0.3) is 31.1 Å². The molecule has 7 nitrogen and oxygen atoms in total.